The molecule has 1 unspecified atom stereocenters. The standard InChI is InChI=1S/C27H28F2N6O4/c1-5-10-31-27(37)17-13-32-26(30)22-18(8-7-16-23(28)19(38-3)12-20(39-4)24(16)29)33-35(25(17)22)15-9-11-34(14-15)21(36)6-2/h6,12-13,15H,2,5,9-11,14H2,1,3-4H3,(H2,30,32)(H,31,37). The third kappa shape index (κ3) is 5.07. The third-order valence-electron chi connectivity index (χ3n) is 6.41. The highest BCUT2D eigenvalue weighted by atomic mass is 19.1. The molecule has 1 aromatic carbocycles. The van der Waals surface area contributed by atoms with Gasteiger partial charge in [0.25, 0.3) is 5.91 Å². The molecule has 1 aliphatic rings. The number of amides is 2. The molecule has 1 atom stereocenters. The van der Waals surface area contributed by atoms with Gasteiger partial charge in [-0.1, -0.05) is 19.4 Å². The number of benzene rings is 1. The van der Waals surface area contributed by atoms with Crippen LogP contribution in [0.5, 0.6) is 11.5 Å². The maximum atomic E-state index is 15.0. The van der Waals surface area contributed by atoms with Crippen LogP contribution in [0.1, 0.15) is 47.4 Å². The van der Waals surface area contributed by atoms with Crippen molar-refractivity contribution < 1.29 is 27.8 Å². The molecular weight excluding hydrogens is 510 g/mol. The number of aromatic nitrogens is 3. The van der Waals surface area contributed by atoms with Crippen LogP contribution in [-0.4, -0.2) is 65.3 Å². The summed E-state index contributed by atoms with van der Waals surface area (Å²) in [5.74, 6) is 2.11. The Kier molecular flexibility index (Phi) is 7.99. The van der Waals surface area contributed by atoms with Gasteiger partial charge in [-0.15, -0.1) is 0 Å². The van der Waals surface area contributed by atoms with Crippen molar-refractivity contribution in [3.05, 3.63) is 53.4 Å². The van der Waals surface area contributed by atoms with Crippen molar-refractivity contribution in [1.82, 2.24) is 25.0 Å². The molecule has 39 heavy (non-hydrogen) atoms. The smallest absolute Gasteiger partial charge is 0.255 e. The molecule has 3 aromatic rings. The van der Waals surface area contributed by atoms with E-state index in [0.717, 1.165) is 12.5 Å². The van der Waals surface area contributed by atoms with Gasteiger partial charge >= 0.3 is 0 Å². The van der Waals surface area contributed by atoms with Crippen molar-refractivity contribution in [3.63, 3.8) is 0 Å². The molecule has 0 saturated carbocycles. The number of fused-ring (bicyclic) bond motifs is 1. The summed E-state index contributed by atoms with van der Waals surface area (Å²) in [5, 5.41) is 7.69. The summed E-state index contributed by atoms with van der Waals surface area (Å²) in [6.07, 6.45) is 3.84. The maximum absolute atomic E-state index is 15.0. The summed E-state index contributed by atoms with van der Waals surface area (Å²) < 4.78 is 41.5. The minimum absolute atomic E-state index is 0.0359. The molecule has 0 radical (unpaired) electrons. The van der Waals surface area contributed by atoms with Gasteiger partial charge in [0.15, 0.2) is 23.1 Å². The normalized spacial score (nSPS) is 14.6. The predicted octanol–water partition coefficient (Wildman–Crippen LogP) is 2.81. The highest BCUT2D eigenvalue weighted by molar-refractivity contribution is 6.09. The SMILES string of the molecule is C=CC(=O)N1CCC(n2nc(C#Cc3c(F)c(OC)cc(OC)c3F)c3c(N)ncc(C(=O)NCCC)c32)C1. The van der Waals surface area contributed by atoms with E-state index in [9.17, 15) is 18.4 Å². The average Bonchev–Trinajstić information content (AvgIpc) is 3.57. The van der Waals surface area contributed by atoms with Crippen LogP contribution in [0.2, 0.25) is 0 Å². The number of hydrogen-bond donors (Lipinski definition) is 2. The van der Waals surface area contributed by atoms with E-state index < -0.39 is 17.2 Å². The molecular formula is C27H28F2N6O4. The number of methoxy groups -OCH3 is 2. The molecule has 0 spiro atoms. The first-order valence-corrected chi connectivity index (χ1v) is 12.2. The third-order valence-corrected chi connectivity index (χ3v) is 6.41. The van der Waals surface area contributed by atoms with Gasteiger partial charge in [-0.2, -0.15) is 5.10 Å². The second-order valence-corrected chi connectivity index (χ2v) is 8.79. The van der Waals surface area contributed by atoms with Crippen LogP contribution in [0.15, 0.2) is 24.9 Å². The van der Waals surface area contributed by atoms with E-state index in [1.54, 1.807) is 9.58 Å². The number of hydrogen-bond acceptors (Lipinski definition) is 7. The van der Waals surface area contributed by atoms with Gasteiger partial charge in [0, 0.05) is 31.9 Å². The van der Waals surface area contributed by atoms with E-state index in [1.165, 1.54) is 26.5 Å². The fourth-order valence-corrected chi connectivity index (χ4v) is 4.43. The van der Waals surface area contributed by atoms with Gasteiger partial charge in [0.1, 0.15) is 17.1 Å². The van der Waals surface area contributed by atoms with Crippen molar-refractivity contribution in [2.75, 3.05) is 39.6 Å². The zero-order valence-electron chi connectivity index (χ0n) is 21.8. The predicted molar refractivity (Wildman–Crippen MR) is 140 cm³/mol. The number of likely N-dealkylation sites (tertiary alicyclic amines) is 1. The number of halogens is 2. The van der Waals surface area contributed by atoms with Crippen LogP contribution in [-0.2, 0) is 4.79 Å². The molecule has 1 fully saturated rings. The van der Waals surface area contributed by atoms with Gasteiger partial charge in [0.05, 0.1) is 36.7 Å². The molecule has 2 aromatic heterocycles. The highest BCUT2D eigenvalue weighted by Gasteiger charge is 2.31. The molecule has 2 amide bonds. The van der Waals surface area contributed by atoms with E-state index in [2.05, 4.69) is 33.8 Å². The van der Waals surface area contributed by atoms with Gasteiger partial charge in [-0.25, -0.2) is 13.8 Å². The molecule has 0 aliphatic carbocycles. The van der Waals surface area contributed by atoms with Gasteiger partial charge in [-0.3, -0.25) is 14.3 Å². The van der Waals surface area contributed by atoms with Crippen LogP contribution in [0.4, 0.5) is 14.6 Å². The Hall–Kier alpha value is -4.66. The minimum atomic E-state index is -1.01. The average molecular weight is 539 g/mol. The topological polar surface area (TPSA) is 125 Å². The van der Waals surface area contributed by atoms with Crippen molar-refractivity contribution in [3.8, 4) is 23.3 Å². The first-order valence-electron chi connectivity index (χ1n) is 12.2. The van der Waals surface area contributed by atoms with Crippen LogP contribution in [0, 0.1) is 23.5 Å². The number of nitrogen functional groups attached to an aromatic ring is 1. The van der Waals surface area contributed by atoms with Gasteiger partial charge in [0.2, 0.25) is 5.91 Å². The minimum Gasteiger partial charge on any atom is -0.493 e. The van der Waals surface area contributed by atoms with Crippen molar-refractivity contribution >= 4 is 28.5 Å². The second-order valence-electron chi connectivity index (χ2n) is 8.79. The first-order chi connectivity index (χ1) is 18.7. The quantitative estimate of drug-likeness (QED) is 0.350. The van der Waals surface area contributed by atoms with Crippen LogP contribution in [0.3, 0.4) is 0 Å². The van der Waals surface area contributed by atoms with Crippen molar-refractivity contribution in [2.45, 2.75) is 25.8 Å². The van der Waals surface area contributed by atoms with E-state index >= 15 is 0 Å². The molecule has 1 saturated heterocycles. The van der Waals surface area contributed by atoms with Crippen molar-refractivity contribution in [1.29, 1.82) is 0 Å². The lowest BCUT2D eigenvalue weighted by Crippen LogP contribution is -2.28. The van der Waals surface area contributed by atoms with E-state index in [0.29, 0.717) is 31.6 Å². The zero-order chi connectivity index (χ0) is 28.3. The maximum Gasteiger partial charge on any atom is 0.255 e. The lowest BCUT2D eigenvalue weighted by molar-refractivity contribution is -0.125. The number of nitrogens with zero attached hydrogens (tertiary/aromatic N) is 4. The first kappa shape index (κ1) is 27.4. The summed E-state index contributed by atoms with van der Waals surface area (Å²) in [4.78, 5) is 31.0. The number of carbonyl (C=O) groups excluding carboxylic acids is 2. The fraction of sp³-hybridized carbons (Fsp3) is 0.333. The van der Waals surface area contributed by atoms with E-state index in [-0.39, 0.29) is 51.8 Å². The summed E-state index contributed by atoms with van der Waals surface area (Å²) in [6, 6.07) is 0.760. The number of carbonyl (C=O) groups is 2. The summed E-state index contributed by atoms with van der Waals surface area (Å²) in [7, 11) is 2.48. The number of nitrogens with two attached hydrogens (primary N) is 1. The van der Waals surface area contributed by atoms with Crippen LogP contribution >= 0.6 is 0 Å². The highest BCUT2D eigenvalue weighted by Crippen LogP contribution is 2.33. The molecule has 12 heteroatoms. The fourth-order valence-electron chi connectivity index (χ4n) is 4.43. The van der Waals surface area contributed by atoms with Gasteiger partial charge < -0.3 is 25.4 Å². The number of pyridine rings is 1. The molecule has 0 bridgehead atoms. The molecule has 204 valence electrons. The Morgan fingerprint density at radius 1 is 1.26 bits per heavy atom. The summed E-state index contributed by atoms with van der Waals surface area (Å²) >= 11 is 0. The molecule has 3 heterocycles. The van der Waals surface area contributed by atoms with E-state index in [4.69, 9.17) is 15.2 Å². The molecule has 1 aliphatic heterocycles. The van der Waals surface area contributed by atoms with Crippen LogP contribution in [0.25, 0.3) is 10.9 Å². The Balaban J connectivity index is 1.92. The largest absolute Gasteiger partial charge is 0.493 e. The monoisotopic (exact) mass is 538 g/mol. The van der Waals surface area contributed by atoms with E-state index in [1.807, 2.05) is 6.92 Å². The van der Waals surface area contributed by atoms with Crippen molar-refractivity contribution in [2.24, 2.45) is 0 Å². The summed E-state index contributed by atoms with van der Waals surface area (Å²) in [6.45, 7) is 6.66. The number of rotatable bonds is 7. The number of anilines is 1. The Morgan fingerprint density at radius 2 is 1.95 bits per heavy atom. The summed E-state index contributed by atoms with van der Waals surface area (Å²) in [5.41, 5.74) is 6.28. The molecule has 10 nitrogen and oxygen atoms in total. The van der Waals surface area contributed by atoms with Crippen LogP contribution < -0.4 is 20.5 Å². The molecule has 4 rings (SSSR count). The van der Waals surface area contributed by atoms with Gasteiger partial charge in [-0.05, 0) is 24.8 Å². The number of nitrogens with one attached hydrogen (secondary N) is 1. The lowest BCUT2D eigenvalue weighted by Gasteiger charge is -2.16. The molecule has 3 N–H and O–H groups in total. The number of ether oxygens (including phenoxy) is 2. The Bertz CT molecular complexity index is 1500. The second kappa shape index (κ2) is 11.4. The lowest BCUT2D eigenvalue weighted by atomic mass is 10.1. The Labute approximate surface area is 223 Å². The zero-order valence-corrected chi connectivity index (χ0v) is 21.8. The Morgan fingerprint density at radius 3 is 2.56 bits per heavy atom.